The number of para-hydroxylation sites is 1. The number of hydrogen-bond donors (Lipinski definition) is 0. The summed E-state index contributed by atoms with van der Waals surface area (Å²) in [5.41, 5.74) is 1.09. The molecule has 0 aliphatic carbocycles. The van der Waals surface area contributed by atoms with Gasteiger partial charge in [0.1, 0.15) is 0 Å². The van der Waals surface area contributed by atoms with E-state index in [0.717, 1.165) is 16.7 Å². The van der Waals surface area contributed by atoms with Crippen LogP contribution in [0, 0.1) is 10.1 Å². The van der Waals surface area contributed by atoms with Crippen LogP contribution in [-0.4, -0.2) is 34.0 Å². The normalized spacial score (nSPS) is 14.3. The van der Waals surface area contributed by atoms with E-state index >= 15 is 0 Å². The maximum absolute atomic E-state index is 13.0. The Balaban J connectivity index is 1.59. The molecular weight excluding hydrogens is 508 g/mol. The maximum Gasteiger partial charge on any atom is 0.343 e. The highest BCUT2D eigenvalue weighted by molar-refractivity contribution is 8.18. The number of nitro groups is 1. The molecule has 0 saturated carbocycles. The first-order valence-corrected chi connectivity index (χ1v) is 11.6. The van der Waals surface area contributed by atoms with Crippen LogP contribution in [0.25, 0.3) is 6.08 Å². The summed E-state index contributed by atoms with van der Waals surface area (Å²) < 4.78 is 10.9. The van der Waals surface area contributed by atoms with Gasteiger partial charge in [-0.3, -0.25) is 24.6 Å². The van der Waals surface area contributed by atoms with E-state index < -0.39 is 22.0 Å². The Hall–Kier alpha value is -4.15. The molecule has 1 saturated heterocycles. The Bertz CT molecular complexity index is 1390. The van der Waals surface area contributed by atoms with E-state index in [1.54, 1.807) is 30.3 Å². The molecule has 4 rings (SSSR count). The van der Waals surface area contributed by atoms with Gasteiger partial charge in [0.05, 0.1) is 29.0 Å². The van der Waals surface area contributed by atoms with Gasteiger partial charge in [-0.2, -0.15) is 0 Å². The van der Waals surface area contributed by atoms with Crippen molar-refractivity contribution in [3.63, 3.8) is 0 Å². The number of nitrogens with zero attached hydrogens (tertiary/aromatic N) is 2. The van der Waals surface area contributed by atoms with E-state index in [1.165, 1.54) is 49.6 Å². The molecule has 36 heavy (non-hydrogen) atoms. The SMILES string of the molecule is COc1cccc(/C=C2\SC(=O)N(Cc3ccc([N+](=O)[O-])cc3)C2=O)c1OC(=O)c1ccc(Cl)cc1. The number of esters is 1. The number of ether oxygens (including phenoxy) is 2. The summed E-state index contributed by atoms with van der Waals surface area (Å²) in [4.78, 5) is 49.7. The summed E-state index contributed by atoms with van der Waals surface area (Å²) in [6.07, 6.45) is 1.45. The van der Waals surface area contributed by atoms with Crippen molar-refractivity contribution in [3.05, 3.63) is 103 Å². The maximum atomic E-state index is 13.0. The van der Waals surface area contributed by atoms with Crippen molar-refractivity contribution in [1.29, 1.82) is 0 Å². The van der Waals surface area contributed by atoms with Gasteiger partial charge in [0, 0.05) is 22.7 Å². The third-order valence-corrected chi connectivity index (χ3v) is 6.31. The number of rotatable bonds is 7. The van der Waals surface area contributed by atoms with Crippen molar-refractivity contribution < 1.29 is 28.8 Å². The average Bonchev–Trinajstić information content (AvgIpc) is 3.13. The molecule has 11 heteroatoms. The molecule has 1 aliphatic rings. The van der Waals surface area contributed by atoms with Crippen LogP contribution in [0.5, 0.6) is 11.5 Å². The Kier molecular flexibility index (Phi) is 7.37. The molecule has 1 heterocycles. The van der Waals surface area contributed by atoms with E-state index in [-0.39, 0.29) is 34.2 Å². The zero-order valence-electron chi connectivity index (χ0n) is 18.7. The molecule has 0 atom stereocenters. The van der Waals surface area contributed by atoms with Crippen molar-refractivity contribution in [1.82, 2.24) is 4.90 Å². The highest BCUT2D eigenvalue weighted by Gasteiger charge is 2.35. The number of benzene rings is 3. The van der Waals surface area contributed by atoms with Gasteiger partial charge in [-0.25, -0.2) is 4.79 Å². The number of thioether (sulfide) groups is 1. The predicted octanol–water partition coefficient (Wildman–Crippen LogP) is 5.71. The summed E-state index contributed by atoms with van der Waals surface area (Å²) in [5.74, 6) is -0.850. The molecule has 9 nitrogen and oxygen atoms in total. The summed E-state index contributed by atoms with van der Waals surface area (Å²) in [7, 11) is 1.41. The lowest BCUT2D eigenvalue weighted by Gasteiger charge is -2.13. The molecule has 0 radical (unpaired) electrons. The van der Waals surface area contributed by atoms with Crippen LogP contribution >= 0.6 is 23.4 Å². The third-order valence-electron chi connectivity index (χ3n) is 5.15. The highest BCUT2D eigenvalue weighted by atomic mass is 35.5. The standard InChI is InChI=1S/C25H17ClN2O7S/c1-34-20-4-2-3-17(22(20)35-24(30)16-7-9-18(26)10-8-16)13-21-23(29)27(25(31)36-21)14-15-5-11-19(12-6-15)28(32)33/h2-13H,14H2,1H3/b21-13-. The summed E-state index contributed by atoms with van der Waals surface area (Å²) in [6.45, 7) is -0.0451. The van der Waals surface area contributed by atoms with Crippen molar-refractivity contribution in [3.8, 4) is 11.5 Å². The summed E-state index contributed by atoms with van der Waals surface area (Å²) in [6, 6.07) is 16.6. The van der Waals surface area contributed by atoms with Crippen LogP contribution in [-0.2, 0) is 11.3 Å². The zero-order chi connectivity index (χ0) is 25.8. The largest absolute Gasteiger partial charge is 0.493 e. The van der Waals surface area contributed by atoms with Crippen LogP contribution in [0.1, 0.15) is 21.5 Å². The predicted molar refractivity (Wildman–Crippen MR) is 134 cm³/mol. The van der Waals surface area contributed by atoms with Crippen molar-refractivity contribution in [2.45, 2.75) is 6.54 Å². The molecule has 3 aromatic rings. The molecule has 0 N–H and O–H groups in total. The molecule has 2 amide bonds. The number of amides is 2. The second-order valence-corrected chi connectivity index (χ2v) is 8.90. The minimum absolute atomic E-state index is 0.0451. The first-order valence-electron chi connectivity index (χ1n) is 10.4. The van der Waals surface area contributed by atoms with Gasteiger partial charge in [0.15, 0.2) is 11.5 Å². The fourth-order valence-corrected chi connectivity index (χ4v) is 4.29. The van der Waals surface area contributed by atoms with Gasteiger partial charge < -0.3 is 9.47 Å². The Labute approximate surface area is 214 Å². The smallest absolute Gasteiger partial charge is 0.343 e. The van der Waals surface area contributed by atoms with Crippen LogP contribution in [0.3, 0.4) is 0 Å². The molecule has 182 valence electrons. The lowest BCUT2D eigenvalue weighted by molar-refractivity contribution is -0.384. The quantitative estimate of drug-likeness (QED) is 0.127. The Morgan fingerprint density at radius 1 is 1.08 bits per heavy atom. The molecule has 0 spiro atoms. The molecule has 0 unspecified atom stereocenters. The highest BCUT2D eigenvalue weighted by Crippen LogP contribution is 2.38. The van der Waals surface area contributed by atoms with E-state index in [9.17, 15) is 24.5 Å². The lowest BCUT2D eigenvalue weighted by atomic mass is 10.1. The molecule has 1 fully saturated rings. The number of non-ortho nitro benzene ring substituents is 1. The van der Waals surface area contributed by atoms with E-state index in [0.29, 0.717) is 16.1 Å². The number of carbonyl (C=O) groups is 3. The molecular formula is C25H17ClN2O7S. The van der Waals surface area contributed by atoms with E-state index in [1.807, 2.05) is 0 Å². The van der Waals surface area contributed by atoms with Gasteiger partial charge >= 0.3 is 5.97 Å². The fourth-order valence-electron chi connectivity index (χ4n) is 3.34. The third kappa shape index (κ3) is 5.40. The van der Waals surface area contributed by atoms with Gasteiger partial charge in [0.2, 0.25) is 0 Å². The molecule has 1 aliphatic heterocycles. The van der Waals surface area contributed by atoms with Crippen LogP contribution in [0.15, 0.2) is 71.6 Å². The van der Waals surface area contributed by atoms with Crippen LogP contribution in [0.2, 0.25) is 5.02 Å². The second-order valence-electron chi connectivity index (χ2n) is 7.47. The van der Waals surface area contributed by atoms with E-state index in [2.05, 4.69) is 0 Å². The van der Waals surface area contributed by atoms with Gasteiger partial charge in [-0.15, -0.1) is 0 Å². The fraction of sp³-hybridized carbons (Fsp3) is 0.0800. The number of halogens is 1. The molecule has 3 aromatic carbocycles. The van der Waals surface area contributed by atoms with Crippen LogP contribution in [0.4, 0.5) is 10.5 Å². The minimum Gasteiger partial charge on any atom is -0.493 e. The minimum atomic E-state index is -0.655. The van der Waals surface area contributed by atoms with E-state index in [4.69, 9.17) is 21.1 Å². The van der Waals surface area contributed by atoms with Gasteiger partial charge in [0.25, 0.3) is 16.8 Å². The average molecular weight is 525 g/mol. The number of imide groups is 1. The van der Waals surface area contributed by atoms with Crippen molar-refractivity contribution >= 4 is 52.2 Å². The summed E-state index contributed by atoms with van der Waals surface area (Å²) in [5, 5.41) is 10.8. The Morgan fingerprint density at radius 2 is 1.78 bits per heavy atom. The summed E-state index contributed by atoms with van der Waals surface area (Å²) >= 11 is 6.62. The lowest BCUT2D eigenvalue weighted by Crippen LogP contribution is -2.27. The Morgan fingerprint density at radius 3 is 2.42 bits per heavy atom. The second kappa shape index (κ2) is 10.6. The number of methoxy groups -OCH3 is 1. The van der Waals surface area contributed by atoms with Crippen LogP contribution < -0.4 is 9.47 Å². The number of nitro benzene ring substituents is 1. The zero-order valence-corrected chi connectivity index (χ0v) is 20.2. The monoisotopic (exact) mass is 524 g/mol. The number of carbonyl (C=O) groups excluding carboxylic acids is 3. The first-order chi connectivity index (χ1) is 17.3. The molecule has 0 bridgehead atoms. The van der Waals surface area contributed by atoms with Crippen molar-refractivity contribution in [2.75, 3.05) is 7.11 Å². The van der Waals surface area contributed by atoms with Gasteiger partial charge in [-0.1, -0.05) is 35.9 Å². The number of hydrogen-bond acceptors (Lipinski definition) is 8. The molecule has 0 aromatic heterocycles. The van der Waals surface area contributed by atoms with Gasteiger partial charge in [-0.05, 0) is 53.7 Å². The first kappa shape index (κ1) is 25.0. The topological polar surface area (TPSA) is 116 Å². The van der Waals surface area contributed by atoms with Crippen molar-refractivity contribution in [2.24, 2.45) is 0 Å².